The molecule has 0 aliphatic heterocycles. The predicted molar refractivity (Wildman–Crippen MR) is 52.9 cm³/mol. The van der Waals surface area contributed by atoms with Gasteiger partial charge in [-0.3, -0.25) is 4.79 Å². The van der Waals surface area contributed by atoms with Gasteiger partial charge in [0.1, 0.15) is 12.2 Å². The fourth-order valence-corrected chi connectivity index (χ4v) is 1.22. The summed E-state index contributed by atoms with van der Waals surface area (Å²) < 4.78 is 0. The van der Waals surface area contributed by atoms with Crippen LogP contribution in [-0.4, -0.2) is 23.1 Å². The quantitative estimate of drug-likeness (QED) is 0.477. The Morgan fingerprint density at radius 2 is 1.80 bits per heavy atom. The van der Waals surface area contributed by atoms with Crippen LogP contribution in [0, 0.1) is 0 Å². The van der Waals surface area contributed by atoms with Gasteiger partial charge in [-0.1, -0.05) is 23.7 Å². The van der Waals surface area contributed by atoms with Gasteiger partial charge in [0.25, 0.3) is 5.78 Å². The van der Waals surface area contributed by atoms with Gasteiger partial charge in [-0.15, -0.1) is 0 Å². The summed E-state index contributed by atoms with van der Waals surface area (Å²) in [5, 5.41) is 8.92. The summed E-state index contributed by atoms with van der Waals surface area (Å²) in [7, 11) is 0. The lowest BCUT2D eigenvalue weighted by Gasteiger charge is -2.06. The van der Waals surface area contributed by atoms with E-state index >= 15 is 0 Å². The summed E-state index contributed by atoms with van der Waals surface area (Å²) in [4.78, 5) is 32.1. The first-order valence-electron chi connectivity index (χ1n) is 4.04. The zero-order valence-corrected chi connectivity index (χ0v) is 8.27. The van der Waals surface area contributed by atoms with Gasteiger partial charge in [-0.2, -0.15) is 0 Å². The van der Waals surface area contributed by atoms with Gasteiger partial charge < -0.3 is 9.90 Å². The van der Waals surface area contributed by atoms with E-state index in [1.165, 1.54) is 24.3 Å². The normalized spacial score (nSPS) is 11.8. The van der Waals surface area contributed by atoms with Crippen molar-refractivity contribution in [2.75, 3.05) is 0 Å². The summed E-state index contributed by atoms with van der Waals surface area (Å²) in [6, 6.07) is 5.87. The number of aldehydes is 1. The minimum Gasteiger partial charge on any atom is -0.475 e. The molecule has 1 aromatic carbocycles. The number of carboxylic acid groups (broad SMARTS) is 1. The standard InChI is InChI=1S/C10H7ClO4/c11-7-3-1-6(2-4-7)8(5-12)9(13)10(14)15/h1-5,8H,(H,14,15). The molecular weight excluding hydrogens is 220 g/mol. The summed E-state index contributed by atoms with van der Waals surface area (Å²) in [6.45, 7) is 0. The number of benzene rings is 1. The first kappa shape index (κ1) is 11.4. The molecule has 15 heavy (non-hydrogen) atoms. The molecule has 4 nitrogen and oxygen atoms in total. The number of hydrogen-bond acceptors (Lipinski definition) is 3. The third-order valence-electron chi connectivity index (χ3n) is 1.86. The topological polar surface area (TPSA) is 71.4 Å². The predicted octanol–water partition coefficient (Wildman–Crippen LogP) is 1.28. The van der Waals surface area contributed by atoms with Crippen molar-refractivity contribution in [3.63, 3.8) is 0 Å². The monoisotopic (exact) mass is 226 g/mol. The fourth-order valence-electron chi connectivity index (χ4n) is 1.09. The van der Waals surface area contributed by atoms with E-state index < -0.39 is 17.7 Å². The zero-order chi connectivity index (χ0) is 11.4. The van der Waals surface area contributed by atoms with E-state index in [1.807, 2.05) is 0 Å². The Balaban J connectivity index is 3.02. The van der Waals surface area contributed by atoms with E-state index in [4.69, 9.17) is 16.7 Å². The van der Waals surface area contributed by atoms with Crippen LogP contribution in [0.25, 0.3) is 0 Å². The maximum Gasteiger partial charge on any atom is 0.373 e. The van der Waals surface area contributed by atoms with Crippen molar-refractivity contribution >= 4 is 29.6 Å². The molecule has 1 aromatic rings. The second-order valence-corrected chi connectivity index (χ2v) is 3.27. The molecule has 0 spiro atoms. The highest BCUT2D eigenvalue weighted by molar-refractivity contribution is 6.38. The molecule has 0 saturated heterocycles. The summed E-state index contributed by atoms with van der Waals surface area (Å²) in [6.07, 6.45) is 0.305. The summed E-state index contributed by atoms with van der Waals surface area (Å²) in [5.74, 6) is -4.03. The number of rotatable bonds is 4. The van der Waals surface area contributed by atoms with Crippen LogP contribution in [0.3, 0.4) is 0 Å². The number of Topliss-reactive ketones (excluding diaryl/α,β-unsaturated/α-hetero) is 1. The van der Waals surface area contributed by atoms with E-state index in [1.54, 1.807) is 0 Å². The van der Waals surface area contributed by atoms with Crippen molar-refractivity contribution in [1.82, 2.24) is 0 Å². The largest absolute Gasteiger partial charge is 0.475 e. The second kappa shape index (κ2) is 4.70. The van der Waals surface area contributed by atoms with Crippen molar-refractivity contribution < 1.29 is 19.5 Å². The van der Waals surface area contributed by atoms with E-state index in [9.17, 15) is 14.4 Å². The zero-order valence-electron chi connectivity index (χ0n) is 7.51. The molecule has 0 saturated carbocycles. The molecule has 1 atom stereocenters. The fraction of sp³-hybridized carbons (Fsp3) is 0.100. The van der Waals surface area contributed by atoms with E-state index in [0.29, 0.717) is 16.9 Å². The highest BCUT2D eigenvalue weighted by atomic mass is 35.5. The SMILES string of the molecule is O=CC(C(=O)C(=O)O)c1ccc(Cl)cc1. The average molecular weight is 227 g/mol. The highest BCUT2D eigenvalue weighted by Crippen LogP contribution is 2.17. The van der Waals surface area contributed by atoms with Crippen LogP contribution in [-0.2, 0) is 14.4 Å². The van der Waals surface area contributed by atoms with Crippen molar-refractivity contribution in [1.29, 1.82) is 0 Å². The molecule has 0 aliphatic rings. The van der Waals surface area contributed by atoms with Crippen molar-refractivity contribution in [3.05, 3.63) is 34.9 Å². The van der Waals surface area contributed by atoms with Gasteiger partial charge in [-0.05, 0) is 17.7 Å². The first-order chi connectivity index (χ1) is 7.06. The molecule has 0 amide bonds. The number of aliphatic carboxylic acids is 1. The Hall–Kier alpha value is -1.68. The molecule has 1 rings (SSSR count). The van der Waals surface area contributed by atoms with E-state index in [2.05, 4.69) is 0 Å². The lowest BCUT2D eigenvalue weighted by molar-refractivity contribution is -0.150. The minimum atomic E-state index is -1.62. The van der Waals surface area contributed by atoms with Gasteiger partial charge in [0.15, 0.2) is 0 Å². The number of carboxylic acids is 1. The van der Waals surface area contributed by atoms with Gasteiger partial charge in [0, 0.05) is 5.02 Å². The van der Waals surface area contributed by atoms with Crippen molar-refractivity contribution in [3.8, 4) is 0 Å². The molecule has 0 aromatic heterocycles. The minimum absolute atomic E-state index is 0.305. The van der Waals surface area contributed by atoms with Crippen molar-refractivity contribution in [2.24, 2.45) is 0 Å². The number of carbonyl (C=O) groups excluding carboxylic acids is 2. The number of ketones is 1. The summed E-state index contributed by atoms with van der Waals surface area (Å²) in [5.41, 5.74) is 0.321. The van der Waals surface area contributed by atoms with E-state index in [-0.39, 0.29) is 0 Å². The Morgan fingerprint density at radius 3 is 2.20 bits per heavy atom. The molecule has 0 radical (unpaired) electrons. The van der Waals surface area contributed by atoms with Gasteiger partial charge in [-0.25, -0.2) is 4.79 Å². The molecule has 1 unspecified atom stereocenters. The third-order valence-corrected chi connectivity index (χ3v) is 2.11. The Labute approximate surface area is 90.5 Å². The van der Waals surface area contributed by atoms with Crippen LogP contribution >= 0.6 is 11.6 Å². The molecule has 1 N–H and O–H groups in total. The van der Waals surface area contributed by atoms with Crippen LogP contribution in [0.2, 0.25) is 5.02 Å². The smallest absolute Gasteiger partial charge is 0.373 e. The van der Waals surface area contributed by atoms with Crippen LogP contribution < -0.4 is 0 Å². The molecule has 0 fully saturated rings. The molecular formula is C10H7ClO4. The molecule has 78 valence electrons. The number of carbonyl (C=O) groups is 3. The number of hydrogen-bond donors (Lipinski definition) is 1. The average Bonchev–Trinajstić information content (AvgIpc) is 2.21. The van der Waals surface area contributed by atoms with Crippen molar-refractivity contribution in [2.45, 2.75) is 5.92 Å². The van der Waals surface area contributed by atoms with Crippen LogP contribution in [0.4, 0.5) is 0 Å². The lowest BCUT2D eigenvalue weighted by atomic mass is 9.96. The maximum absolute atomic E-state index is 11.1. The molecule has 5 heteroatoms. The molecule has 0 heterocycles. The Bertz CT molecular complexity index is 396. The summed E-state index contributed by atoms with van der Waals surface area (Å²) >= 11 is 5.61. The highest BCUT2D eigenvalue weighted by Gasteiger charge is 2.25. The first-order valence-corrected chi connectivity index (χ1v) is 4.42. The maximum atomic E-state index is 11.1. The third kappa shape index (κ3) is 2.63. The number of halogens is 1. The van der Waals surface area contributed by atoms with Gasteiger partial charge in [0.2, 0.25) is 0 Å². The van der Waals surface area contributed by atoms with E-state index in [0.717, 1.165) is 0 Å². The van der Waals surface area contributed by atoms with Gasteiger partial charge in [0.05, 0.1) is 0 Å². The Kier molecular flexibility index (Phi) is 3.57. The van der Waals surface area contributed by atoms with Crippen LogP contribution in [0.15, 0.2) is 24.3 Å². The van der Waals surface area contributed by atoms with Crippen LogP contribution in [0.5, 0.6) is 0 Å². The lowest BCUT2D eigenvalue weighted by Crippen LogP contribution is -2.22. The molecule has 0 aliphatic carbocycles. The van der Waals surface area contributed by atoms with Gasteiger partial charge >= 0.3 is 5.97 Å². The Morgan fingerprint density at radius 1 is 1.27 bits per heavy atom. The van der Waals surface area contributed by atoms with Crippen LogP contribution in [0.1, 0.15) is 11.5 Å². The molecule has 0 bridgehead atoms. The second-order valence-electron chi connectivity index (χ2n) is 2.83.